The van der Waals surface area contributed by atoms with Crippen molar-refractivity contribution in [3.8, 4) is 5.75 Å². The van der Waals surface area contributed by atoms with Crippen molar-refractivity contribution in [3.63, 3.8) is 0 Å². The summed E-state index contributed by atoms with van der Waals surface area (Å²) in [6.45, 7) is 5.48. The van der Waals surface area contributed by atoms with Crippen molar-refractivity contribution in [1.29, 1.82) is 0 Å². The fourth-order valence-electron chi connectivity index (χ4n) is 2.18. The second kappa shape index (κ2) is 5.90. The number of nitrogens with one attached hydrogen (secondary N) is 1. The van der Waals surface area contributed by atoms with E-state index in [-0.39, 0.29) is 29.4 Å². The van der Waals surface area contributed by atoms with Gasteiger partial charge in [0.25, 0.3) is 0 Å². The molecule has 1 aliphatic rings. The molecule has 112 valence electrons. The van der Waals surface area contributed by atoms with Gasteiger partial charge in [-0.15, -0.1) is 0 Å². The number of hydrazone groups is 1. The van der Waals surface area contributed by atoms with Crippen LogP contribution in [0.25, 0.3) is 0 Å². The van der Waals surface area contributed by atoms with Gasteiger partial charge in [-0.2, -0.15) is 5.10 Å². The van der Waals surface area contributed by atoms with E-state index in [1.807, 2.05) is 6.92 Å². The number of nitro benzene ring substituents is 1. The third-order valence-electron chi connectivity index (χ3n) is 3.07. The Kier molecular flexibility index (Phi) is 4.21. The Hall–Kier alpha value is -2.44. The Morgan fingerprint density at radius 1 is 1.48 bits per heavy atom. The zero-order valence-corrected chi connectivity index (χ0v) is 12.1. The summed E-state index contributed by atoms with van der Waals surface area (Å²) in [4.78, 5) is 22.0. The Morgan fingerprint density at radius 2 is 2.19 bits per heavy atom. The van der Waals surface area contributed by atoms with Gasteiger partial charge in [-0.25, -0.2) is 5.43 Å². The molecule has 0 saturated carbocycles. The second-order valence-electron chi connectivity index (χ2n) is 5.24. The van der Waals surface area contributed by atoms with Gasteiger partial charge in [-0.1, -0.05) is 6.92 Å². The molecule has 7 nitrogen and oxygen atoms in total. The van der Waals surface area contributed by atoms with E-state index >= 15 is 0 Å². The predicted molar refractivity (Wildman–Crippen MR) is 77.3 cm³/mol. The van der Waals surface area contributed by atoms with Gasteiger partial charge >= 0.3 is 5.69 Å². The summed E-state index contributed by atoms with van der Waals surface area (Å²) in [7, 11) is 0. The van der Waals surface area contributed by atoms with Gasteiger partial charge in [0.05, 0.1) is 16.7 Å². The smallest absolute Gasteiger partial charge is 0.311 e. The molecule has 0 fully saturated rings. The molecule has 1 heterocycles. The van der Waals surface area contributed by atoms with Crippen LogP contribution in [0.4, 0.5) is 5.69 Å². The highest BCUT2D eigenvalue weighted by atomic mass is 16.6. The zero-order chi connectivity index (χ0) is 15.6. The van der Waals surface area contributed by atoms with Crippen LogP contribution in [0.5, 0.6) is 5.75 Å². The highest BCUT2D eigenvalue weighted by Gasteiger charge is 2.25. The third-order valence-corrected chi connectivity index (χ3v) is 3.07. The maximum absolute atomic E-state index is 11.3. The molecule has 1 aromatic rings. The minimum atomic E-state index is -0.478. The molecule has 0 saturated heterocycles. The van der Waals surface area contributed by atoms with Gasteiger partial charge in [0.15, 0.2) is 5.75 Å². The number of benzene rings is 1. The van der Waals surface area contributed by atoms with E-state index in [1.165, 1.54) is 6.07 Å². The lowest BCUT2D eigenvalue weighted by molar-refractivity contribution is -0.386. The second-order valence-corrected chi connectivity index (χ2v) is 5.24. The van der Waals surface area contributed by atoms with Gasteiger partial charge in [-0.05, 0) is 26.0 Å². The lowest BCUT2D eigenvalue weighted by Crippen LogP contribution is -2.32. The fraction of sp³-hybridized carbons (Fsp3) is 0.429. The topological polar surface area (TPSA) is 93.8 Å². The Bertz CT molecular complexity index is 610. The molecule has 1 unspecified atom stereocenters. The van der Waals surface area contributed by atoms with E-state index in [2.05, 4.69) is 10.5 Å². The Morgan fingerprint density at radius 3 is 2.76 bits per heavy atom. The summed E-state index contributed by atoms with van der Waals surface area (Å²) in [5.41, 5.74) is 3.55. The molecular weight excluding hydrogens is 274 g/mol. The van der Waals surface area contributed by atoms with Crippen LogP contribution in [0.2, 0.25) is 0 Å². The first-order valence-electron chi connectivity index (χ1n) is 6.70. The Balaban J connectivity index is 2.40. The molecule has 1 aliphatic heterocycles. The standard InChI is InChI=1S/C14H17N3O4/c1-8(2)21-12-5-4-10(7-11(12)17(19)20)14-9(3)6-13(18)15-16-14/h4-5,7-9H,6H2,1-3H3,(H,15,18). The Labute approximate surface area is 122 Å². The number of nitrogens with zero attached hydrogens (tertiary/aromatic N) is 2. The molecule has 0 bridgehead atoms. The molecular formula is C14H17N3O4. The maximum Gasteiger partial charge on any atom is 0.311 e. The van der Waals surface area contributed by atoms with E-state index in [0.717, 1.165) is 0 Å². The summed E-state index contributed by atoms with van der Waals surface area (Å²) >= 11 is 0. The lowest BCUT2D eigenvalue weighted by Gasteiger charge is -2.19. The number of rotatable bonds is 4. The normalized spacial score (nSPS) is 18.2. The highest BCUT2D eigenvalue weighted by Crippen LogP contribution is 2.30. The molecule has 0 radical (unpaired) electrons. The largest absolute Gasteiger partial charge is 0.484 e. The van der Waals surface area contributed by atoms with Gasteiger partial charge in [0, 0.05) is 24.0 Å². The molecule has 0 spiro atoms. The number of nitro groups is 1. The molecule has 1 amide bonds. The van der Waals surface area contributed by atoms with Crippen LogP contribution in [-0.2, 0) is 4.79 Å². The van der Waals surface area contributed by atoms with Crippen LogP contribution >= 0.6 is 0 Å². The monoisotopic (exact) mass is 291 g/mol. The van der Waals surface area contributed by atoms with E-state index in [1.54, 1.807) is 26.0 Å². The minimum absolute atomic E-state index is 0.0878. The number of ether oxygens (including phenoxy) is 1. The average molecular weight is 291 g/mol. The number of hydrogen-bond donors (Lipinski definition) is 1. The first-order chi connectivity index (χ1) is 9.88. The summed E-state index contributed by atoms with van der Waals surface area (Å²) < 4.78 is 5.44. The number of carbonyl (C=O) groups excluding carboxylic acids is 1. The van der Waals surface area contributed by atoms with Crippen molar-refractivity contribution in [3.05, 3.63) is 33.9 Å². The highest BCUT2D eigenvalue weighted by molar-refractivity contribution is 6.06. The van der Waals surface area contributed by atoms with Gasteiger partial charge in [0.2, 0.25) is 5.91 Å². The molecule has 7 heteroatoms. The van der Waals surface area contributed by atoms with Crippen LogP contribution in [-0.4, -0.2) is 22.6 Å². The van der Waals surface area contributed by atoms with Crippen LogP contribution in [0.15, 0.2) is 23.3 Å². The van der Waals surface area contributed by atoms with Crippen molar-refractivity contribution in [2.45, 2.75) is 33.3 Å². The summed E-state index contributed by atoms with van der Waals surface area (Å²) in [6.07, 6.45) is 0.163. The third kappa shape index (κ3) is 3.36. The molecule has 21 heavy (non-hydrogen) atoms. The average Bonchev–Trinajstić information content (AvgIpc) is 2.38. The molecule has 1 N–H and O–H groups in total. The van der Waals surface area contributed by atoms with Gasteiger partial charge < -0.3 is 4.74 Å². The summed E-state index contributed by atoms with van der Waals surface area (Å²) in [6, 6.07) is 4.72. The van der Waals surface area contributed by atoms with Crippen molar-refractivity contribution < 1.29 is 14.5 Å². The van der Waals surface area contributed by atoms with Crippen molar-refractivity contribution >= 4 is 17.3 Å². The molecule has 0 aromatic heterocycles. The number of amides is 1. The predicted octanol–water partition coefficient (Wildman–Crippen LogP) is 2.24. The SMILES string of the molecule is CC(C)Oc1ccc(C2=NNC(=O)CC2C)cc1[N+](=O)[O-]. The van der Waals surface area contributed by atoms with Crippen LogP contribution < -0.4 is 10.2 Å². The van der Waals surface area contributed by atoms with E-state index in [4.69, 9.17) is 4.74 Å². The summed E-state index contributed by atoms with van der Waals surface area (Å²) in [5.74, 6) is -0.0115. The fourth-order valence-corrected chi connectivity index (χ4v) is 2.18. The van der Waals surface area contributed by atoms with Crippen molar-refractivity contribution in [2.24, 2.45) is 11.0 Å². The quantitative estimate of drug-likeness (QED) is 0.680. The maximum atomic E-state index is 11.3. The molecule has 1 atom stereocenters. The minimum Gasteiger partial charge on any atom is -0.484 e. The molecule has 2 rings (SSSR count). The van der Waals surface area contributed by atoms with Gasteiger partial charge in [-0.3, -0.25) is 14.9 Å². The lowest BCUT2D eigenvalue weighted by atomic mass is 9.94. The van der Waals surface area contributed by atoms with Crippen molar-refractivity contribution in [2.75, 3.05) is 0 Å². The molecule has 0 aliphatic carbocycles. The zero-order valence-electron chi connectivity index (χ0n) is 12.1. The van der Waals surface area contributed by atoms with Crippen LogP contribution in [0, 0.1) is 16.0 Å². The van der Waals surface area contributed by atoms with Gasteiger partial charge in [0.1, 0.15) is 0 Å². The van der Waals surface area contributed by atoms with E-state index < -0.39 is 4.92 Å². The first kappa shape index (κ1) is 15.0. The molecule has 1 aromatic carbocycles. The van der Waals surface area contributed by atoms with Crippen molar-refractivity contribution in [1.82, 2.24) is 5.43 Å². The summed E-state index contributed by atoms with van der Waals surface area (Å²) in [5, 5.41) is 15.2. The first-order valence-corrected chi connectivity index (χ1v) is 6.70. The van der Waals surface area contributed by atoms with Crippen LogP contribution in [0.3, 0.4) is 0 Å². The van der Waals surface area contributed by atoms with E-state index in [9.17, 15) is 14.9 Å². The van der Waals surface area contributed by atoms with Crippen LogP contribution in [0.1, 0.15) is 32.8 Å². The number of hydrogen-bond acceptors (Lipinski definition) is 5. The number of carbonyl (C=O) groups is 1. The van der Waals surface area contributed by atoms with E-state index in [0.29, 0.717) is 17.7 Å².